The molecule has 0 bridgehead atoms. The summed E-state index contributed by atoms with van der Waals surface area (Å²) in [7, 11) is -1.77. The monoisotopic (exact) mass is 323 g/mol. The van der Waals surface area contributed by atoms with E-state index < -0.39 is 10.0 Å². The number of fused-ring (bicyclic) bond motifs is 1. The molecule has 1 aliphatic rings. The lowest BCUT2D eigenvalue weighted by atomic mass is 10.1. The fourth-order valence-corrected chi connectivity index (χ4v) is 3.98. The lowest BCUT2D eigenvalue weighted by molar-refractivity contribution is 0.522. The zero-order chi connectivity index (χ0) is 15.7. The Bertz CT molecular complexity index is 786. The molecule has 0 saturated carbocycles. The van der Waals surface area contributed by atoms with Crippen LogP contribution in [0.25, 0.3) is 10.9 Å². The van der Waals surface area contributed by atoms with Crippen molar-refractivity contribution < 1.29 is 12.8 Å². The number of rotatable bonds is 3. The van der Waals surface area contributed by atoms with Gasteiger partial charge in [-0.15, -0.1) is 0 Å². The fraction of sp³-hybridized carbons (Fsp3) is 0.400. The summed E-state index contributed by atoms with van der Waals surface area (Å²) in [6.45, 7) is 1.25. The second kappa shape index (κ2) is 5.81. The summed E-state index contributed by atoms with van der Waals surface area (Å²) in [6.07, 6.45) is 1.12. The van der Waals surface area contributed by atoms with Crippen LogP contribution in [0.5, 0.6) is 0 Å². The van der Waals surface area contributed by atoms with Crippen LogP contribution in [0.2, 0.25) is 0 Å². The Morgan fingerprint density at radius 1 is 1.23 bits per heavy atom. The number of halogens is 1. The van der Waals surface area contributed by atoms with Crippen LogP contribution in [0, 0.1) is 5.82 Å². The van der Waals surface area contributed by atoms with Gasteiger partial charge in [0.2, 0.25) is 10.0 Å². The Morgan fingerprint density at radius 2 is 1.91 bits per heavy atom. The highest BCUT2D eigenvalue weighted by Gasteiger charge is 2.29. The van der Waals surface area contributed by atoms with E-state index in [-0.39, 0.29) is 11.1 Å². The molecule has 2 aromatic rings. The first kappa shape index (κ1) is 15.2. The highest BCUT2D eigenvalue weighted by molar-refractivity contribution is 7.90. The molecule has 1 aliphatic heterocycles. The Morgan fingerprint density at radius 3 is 2.59 bits per heavy atom. The molecule has 1 saturated heterocycles. The maximum absolute atomic E-state index is 13.3. The molecule has 7 heteroatoms. The van der Waals surface area contributed by atoms with Gasteiger partial charge in [0.05, 0.1) is 10.8 Å². The van der Waals surface area contributed by atoms with Crippen molar-refractivity contribution in [1.82, 2.24) is 9.71 Å². The highest BCUT2D eigenvalue weighted by Crippen LogP contribution is 2.24. The first-order valence-electron chi connectivity index (χ1n) is 7.23. The number of anilines is 1. The third-order valence-electron chi connectivity index (χ3n) is 4.13. The highest BCUT2D eigenvalue weighted by atomic mass is 32.2. The number of piperidine rings is 1. The number of sulfonamides is 1. The smallest absolute Gasteiger partial charge is 0.214 e. The van der Waals surface area contributed by atoms with Crippen molar-refractivity contribution in [3.8, 4) is 0 Å². The zero-order valence-corrected chi connectivity index (χ0v) is 13.1. The fourth-order valence-electron chi connectivity index (χ4n) is 2.82. The van der Waals surface area contributed by atoms with E-state index in [1.165, 1.54) is 19.2 Å². The molecular formula is C15H18FN3O2S. The van der Waals surface area contributed by atoms with Gasteiger partial charge in [0.1, 0.15) is 11.6 Å². The molecule has 0 aliphatic carbocycles. The maximum atomic E-state index is 13.3. The van der Waals surface area contributed by atoms with E-state index in [9.17, 15) is 12.8 Å². The number of benzene rings is 1. The molecule has 22 heavy (non-hydrogen) atoms. The van der Waals surface area contributed by atoms with Gasteiger partial charge in [0.15, 0.2) is 0 Å². The quantitative estimate of drug-likeness (QED) is 0.937. The molecule has 1 aromatic heterocycles. The Hall–Kier alpha value is -1.73. The van der Waals surface area contributed by atoms with Gasteiger partial charge in [-0.2, -0.15) is 0 Å². The molecule has 118 valence electrons. The number of hydrogen-bond donors (Lipinski definition) is 1. The molecule has 3 rings (SSSR count). The Kier molecular flexibility index (Phi) is 4.01. The average molecular weight is 323 g/mol. The van der Waals surface area contributed by atoms with E-state index in [2.05, 4.69) is 9.71 Å². The molecule has 2 heterocycles. The third-order valence-corrected chi connectivity index (χ3v) is 6.05. The third kappa shape index (κ3) is 2.91. The van der Waals surface area contributed by atoms with Gasteiger partial charge < -0.3 is 4.90 Å². The molecule has 1 fully saturated rings. The summed E-state index contributed by atoms with van der Waals surface area (Å²) in [5, 5.41) is 0.532. The summed E-state index contributed by atoms with van der Waals surface area (Å²) in [4.78, 5) is 6.54. The average Bonchev–Trinajstić information content (AvgIpc) is 2.54. The van der Waals surface area contributed by atoms with E-state index in [1.807, 2.05) is 17.0 Å². The minimum Gasteiger partial charge on any atom is -0.357 e. The summed E-state index contributed by atoms with van der Waals surface area (Å²) >= 11 is 0. The molecule has 1 N–H and O–H groups in total. The standard InChI is InChI=1S/C15H18FN3O2S/c1-17-22(20,21)13-6-8-19(9-7-13)15-5-3-11-2-4-12(16)10-14(11)18-15/h2-5,10,13,17H,6-9H2,1H3. The lowest BCUT2D eigenvalue weighted by Gasteiger charge is -2.32. The number of nitrogens with zero attached hydrogens (tertiary/aromatic N) is 2. The topological polar surface area (TPSA) is 62.3 Å². The molecular weight excluding hydrogens is 305 g/mol. The van der Waals surface area contributed by atoms with E-state index in [4.69, 9.17) is 0 Å². The van der Waals surface area contributed by atoms with Gasteiger partial charge in [0.25, 0.3) is 0 Å². The molecule has 0 radical (unpaired) electrons. The van der Waals surface area contributed by atoms with Gasteiger partial charge >= 0.3 is 0 Å². The SMILES string of the molecule is CNS(=O)(=O)C1CCN(c2ccc3ccc(F)cc3n2)CC1. The predicted molar refractivity (Wildman–Crippen MR) is 84.9 cm³/mol. The summed E-state index contributed by atoms with van der Waals surface area (Å²) in [5.74, 6) is 0.453. The minimum absolute atomic E-state index is 0.309. The number of hydrogen-bond acceptors (Lipinski definition) is 4. The van der Waals surface area contributed by atoms with Crippen molar-refractivity contribution in [2.24, 2.45) is 0 Å². The summed E-state index contributed by atoms with van der Waals surface area (Å²) in [6, 6.07) is 8.34. The van der Waals surface area contributed by atoms with Gasteiger partial charge in [-0.25, -0.2) is 22.5 Å². The van der Waals surface area contributed by atoms with Crippen LogP contribution < -0.4 is 9.62 Å². The minimum atomic E-state index is -3.21. The number of pyridine rings is 1. The van der Waals surface area contributed by atoms with Crippen LogP contribution in [0.1, 0.15) is 12.8 Å². The van der Waals surface area contributed by atoms with E-state index in [0.29, 0.717) is 31.4 Å². The van der Waals surface area contributed by atoms with E-state index in [1.54, 1.807) is 6.07 Å². The van der Waals surface area contributed by atoms with Crippen LogP contribution in [-0.4, -0.2) is 38.8 Å². The Balaban J connectivity index is 1.79. The molecule has 0 atom stereocenters. The van der Waals surface area contributed by atoms with Crippen LogP contribution in [0.4, 0.5) is 10.2 Å². The van der Waals surface area contributed by atoms with E-state index in [0.717, 1.165) is 11.2 Å². The zero-order valence-electron chi connectivity index (χ0n) is 12.3. The van der Waals surface area contributed by atoms with Crippen LogP contribution in [-0.2, 0) is 10.0 Å². The van der Waals surface area contributed by atoms with Crippen molar-refractivity contribution in [1.29, 1.82) is 0 Å². The van der Waals surface area contributed by atoms with Gasteiger partial charge in [-0.3, -0.25) is 0 Å². The normalized spacial score (nSPS) is 17.1. The van der Waals surface area contributed by atoms with Gasteiger partial charge in [-0.05, 0) is 44.2 Å². The molecule has 0 unspecified atom stereocenters. The maximum Gasteiger partial charge on any atom is 0.214 e. The molecule has 1 aromatic carbocycles. The first-order valence-corrected chi connectivity index (χ1v) is 8.78. The summed E-state index contributed by atoms with van der Waals surface area (Å²) in [5.41, 5.74) is 0.613. The number of nitrogens with one attached hydrogen (secondary N) is 1. The largest absolute Gasteiger partial charge is 0.357 e. The second-order valence-electron chi connectivity index (χ2n) is 5.44. The van der Waals surface area contributed by atoms with Crippen molar-refractivity contribution in [3.63, 3.8) is 0 Å². The molecule has 0 spiro atoms. The van der Waals surface area contributed by atoms with Crippen molar-refractivity contribution in [2.45, 2.75) is 18.1 Å². The van der Waals surface area contributed by atoms with Crippen LogP contribution in [0.15, 0.2) is 30.3 Å². The Labute approximate surface area is 129 Å². The van der Waals surface area contributed by atoms with Crippen LogP contribution >= 0.6 is 0 Å². The van der Waals surface area contributed by atoms with Gasteiger partial charge in [0, 0.05) is 24.5 Å². The van der Waals surface area contributed by atoms with Crippen molar-refractivity contribution in [3.05, 3.63) is 36.1 Å². The second-order valence-corrected chi connectivity index (χ2v) is 7.61. The first-order chi connectivity index (χ1) is 10.5. The van der Waals surface area contributed by atoms with Crippen molar-refractivity contribution in [2.75, 3.05) is 25.0 Å². The lowest BCUT2D eigenvalue weighted by Crippen LogP contribution is -2.42. The van der Waals surface area contributed by atoms with Gasteiger partial charge in [-0.1, -0.05) is 0 Å². The number of aromatic nitrogens is 1. The van der Waals surface area contributed by atoms with E-state index >= 15 is 0 Å². The predicted octanol–water partition coefficient (Wildman–Crippen LogP) is 1.89. The molecule has 0 amide bonds. The van der Waals surface area contributed by atoms with Crippen LogP contribution in [0.3, 0.4) is 0 Å². The summed E-state index contributed by atoms with van der Waals surface area (Å²) < 4.78 is 39.3. The van der Waals surface area contributed by atoms with Crippen molar-refractivity contribution >= 4 is 26.7 Å². The molecule has 5 nitrogen and oxygen atoms in total.